The van der Waals surface area contributed by atoms with Crippen molar-refractivity contribution >= 4 is 0 Å². The Bertz CT molecular complexity index is 197. The van der Waals surface area contributed by atoms with E-state index in [2.05, 4.69) is 37.9 Å². The largest absolute Gasteiger partial charge is 0.316 e. The van der Waals surface area contributed by atoms with Crippen LogP contribution in [0.5, 0.6) is 0 Å². The van der Waals surface area contributed by atoms with Crippen molar-refractivity contribution in [3.63, 3.8) is 0 Å². The second-order valence-corrected chi connectivity index (χ2v) is 6.54. The lowest BCUT2D eigenvalue weighted by Gasteiger charge is -2.35. The topological polar surface area (TPSA) is 15.3 Å². The summed E-state index contributed by atoms with van der Waals surface area (Å²) in [6, 6.07) is 0.872. The molecule has 0 aromatic rings. The summed E-state index contributed by atoms with van der Waals surface area (Å²) in [6.45, 7) is 14.1. The quantitative estimate of drug-likeness (QED) is 0.713. The fraction of sp³-hybridized carbons (Fsp3) is 1.00. The zero-order valence-corrected chi connectivity index (χ0v) is 13.0. The first-order chi connectivity index (χ1) is 8.63. The van der Waals surface area contributed by atoms with E-state index in [0.717, 1.165) is 24.4 Å². The van der Waals surface area contributed by atoms with Crippen LogP contribution in [0.4, 0.5) is 0 Å². The van der Waals surface area contributed by atoms with Crippen LogP contribution in [0.25, 0.3) is 0 Å². The predicted molar refractivity (Wildman–Crippen MR) is 81.0 cm³/mol. The van der Waals surface area contributed by atoms with Gasteiger partial charge in [0, 0.05) is 12.6 Å². The van der Waals surface area contributed by atoms with Gasteiger partial charge in [-0.3, -0.25) is 0 Å². The molecule has 1 rings (SSSR count). The van der Waals surface area contributed by atoms with Crippen molar-refractivity contribution in [3.05, 3.63) is 0 Å². The molecule has 0 saturated heterocycles. The van der Waals surface area contributed by atoms with Crippen molar-refractivity contribution in [1.29, 1.82) is 0 Å². The molecule has 1 saturated carbocycles. The molecule has 0 amide bonds. The maximum atomic E-state index is 3.59. The lowest BCUT2D eigenvalue weighted by Crippen LogP contribution is -2.41. The molecule has 1 aliphatic carbocycles. The van der Waals surface area contributed by atoms with Gasteiger partial charge in [0.05, 0.1) is 0 Å². The number of hydrogen-bond donors (Lipinski definition) is 1. The maximum absolute atomic E-state index is 3.59. The predicted octanol–water partition coefficient (Wildman–Crippen LogP) is 3.52. The average Bonchev–Trinajstić information content (AvgIpc) is 2.36. The van der Waals surface area contributed by atoms with Crippen molar-refractivity contribution in [1.82, 2.24) is 10.2 Å². The molecule has 0 spiro atoms. The van der Waals surface area contributed by atoms with Gasteiger partial charge >= 0.3 is 0 Å². The molecule has 18 heavy (non-hydrogen) atoms. The Morgan fingerprint density at radius 1 is 1.06 bits per heavy atom. The molecule has 2 heteroatoms. The molecule has 0 aromatic carbocycles. The molecule has 0 heterocycles. The molecule has 1 aliphatic rings. The van der Waals surface area contributed by atoms with Gasteiger partial charge in [0.2, 0.25) is 0 Å². The molecule has 0 radical (unpaired) electrons. The molecule has 2 nitrogen and oxygen atoms in total. The van der Waals surface area contributed by atoms with E-state index in [0.29, 0.717) is 0 Å². The first-order valence-corrected chi connectivity index (χ1v) is 8.08. The van der Waals surface area contributed by atoms with Crippen LogP contribution < -0.4 is 5.32 Å². The van der Waals surface area contributed by atoms with Crippen molar-refractivity contribution in [2.24, 2.45) is 11.8 Å². The number of hydrogen-bond acceptors (Lipinski definition) is 2. The molecule has 1 atom stereocenters. The number of nitrogens with zero attached hydrogens (tertiary/aromatic N) is 1. The molecular weight excluding hydrogens is 220 g/mol. The first-order valence-electron chi connectivity index (χ1n) is 8.08. The van der Waals surface area contributed by atoms with Gasteiger partial charge in [0.15, 0.2) is 0 Å². The van der Waals surface area contributed by atoms with Crippen molar-refractivity contribution in [2.75, 3.05) is 26.2 Å². The Morgan fingerprint density at radius 3 is 2.28 bits per heavy atom. The van der Waals surface area contributed by atoms with Crippen molar-refractivity contribution in [2.45, 2.75) is 65.8 Å². The smallest absolute Gasteiger partial charge is 0.00952 e. The molecule has 1 fully saturated rings. The Hall–Kier alpha value is -0.0800. The van der Waals surface area contributed by atoms with E-state index in [9.17, 15) is 0 Å². The standard InChI is InChI=1S/C16H34N2/c1-5-18(16-9-7-6-8-10-16)13-15(4)12-17-11-14(2)3/h14-17H,5-13H2,1-4H3. The van der Waals surface area contributed by atoms with Gasteiger partial charge in [0.25, 0.3) is 0 Å². The van der Waals surface area contributed by atoms with Crippen LogP contribution in [0.15, 0.2) is 0 Å². The molecule has 0 bridgehead atoms. The van der Waals surface area contributed by atoms with Crippen LogP contribution in [-0.2, 0) is 0 Å². The zero-order chi connectivity index (χ0) is 13.4. The van der Waals surface area contributed by atoms with Crippen molar-refractivity contribution in [3.8, 4) is 0 Å². The average molecular weight is 254 g/mol. The summed E-state index contributed by atoms with van der Waals surface area (Å²) in [4.78, 5) is 2.72. The Morgan fingerprint density at radius 2 is 1.72 bits per heavy atom. The molecule has 108 valence electrons. The van der Waals surface area contributed by atoms with Crippen LogP contribution in [0.2, 0.25) is 0 Å². The van der Waals surface area contributed by atoms with E-state index in [1.807, 2.05) is 0 Å². The van der Waals surface area contributed by atoms with Gasteiger partial charge in [-0.1, -0.05) is 47.0 Å². The fourth-order valence-corrected chi connectivity index (χ4v) is 3.07. The van der Waals surface area contributed by atoms with Crippen molar-refractivity contribution < 1.29 is 0 Å². The van der Waals surface area contributed by atoms with Gasteiger partial charge in [-0.15, -0.1) is 0 Å². The Kier molecular flexibility index (Phi) is 7.92. The monoisotopic (exact) mass is 254 g/mol. The molecular formula is C16H34N2. The minimum Gasteiger partial charge on any atom is -0.316 e. The maximum Gasteiger partial charge on any atom is 0.00952 e. The highest BCUT2D eigenvalue weighted by Crippen LogP contribution is 2.23. The van der Waals surface area contributed by atoms with Gasteiger partial charge in [-0.05, 0) is 44.3 Å². The van der Waals surface area contributed by atoms with Crippen LogP contribution >= 0.6 is 0 Å². The van der Waals surface area contributed by atoms with Crippen LogP contribution in [0, 0.1) is 11.8 Å². The van der Waals surface area contributed by atoms with E-state index >= 15 is 0 Å². The lowest BCUT2D eigenvalue weighted by atomic mass is 9.93. The first kappa shape index (κ1) is 16.0. The molecule has 0 aromatic heterocycles. The SMILES string of the molecule is CCN(CC(C)CNCC(C)C)C1CCCCC1. The second kappa shape index (κ2) is 8.92. The highest BCUT2D eigenvalue weighted by Gasteiger charge is 2.21. The molecule has 1 unspecified atom stereocenters. The lowest BCUT2D eigenvalue weighted by molar-refractivity contribution is 0.143. The summed E-state index contributed by atoms with van der Waals surface area (Å²) in [5.74, 6) is 1.53. The summed E-state index contributed by atoms with van der Waals surface area (Å²) in [6.07, 6.45) is 7.21. The third-order valence-electron chi connectivity index (χ3n) is 4.09. The number of rotatable bonds is 8. The van der Waals surface area contributed by atoms with Gasteiger partial charge < -0.3 is 10.2 Å². The summed E-state index contributed by atoms with van der Waals surface area (Å²) in [7, 11) is 0. The third-order valence-corrected chi connectivity index (χ3v) is 4.09. The molecule has 1 N–H and O–H groups in total. The van der Waals surface area contributed by atoms with E-state index in [4.69, 9.17) is 0 Å². The van der Waals surface area contributed by atoms with Crippen LogP contribution in [-0.4, -0.2) is 37.1 Å². The van der Waals surface area contributed by atoms with E-state index in [-0.39, 0.29) is 0 Å². The van der Waals surface area contributed by atoms with E-state index in [1.165, 1.54) is 51.7 Å². The fourth-order valence-electron chi connectivity index (χ4n) is 3.07. The Labute approximate surface area is 115 Å². The highest BCUT2D eigenvalue weighted by molar-refractivity contribution is 4.76. The minimum absolute atomic E-state index is 0.762. The minimum atomic E-state index is 0.762. The third kappa shape index (κ3) is 6.19. The zero-order valence-electron chi connectivity index (χ0n) is 13.0. The molecule has 0 aliphatic heterocycles. The van der Waals surface area contributed by atoms with Crippen LogP contribution in [0.1, 0.15) is 59.8 Å². The second-order valence-electron chi connectivity index (χ2n) is 6.54. The van der Waals surface area contributed by atoms with E-state index in [1.54, 1.807) is 0 Å². The normalized spacial score (nSPS) is 19.7. The summed E-state index contributed by atoms with van der Waals surface area (Å²) in [5, 5.41) is 3.59. The van der Waals surface area contributed by atoms with Gasteiger partial charge in [-0.2, -0.15) is 0 Å². The van der Waals surface area contributed by atoms with Gasteiger partial charge in [0.1, 0.15) is 0 Å². The summed E-state index contributed by atoms with van der Waals surface area (Å²) >= 11 is 0. The van der Waals surface area contributed by atoms with E-state index < -0.39 is 0 Å². The summed E-state index contributed by atoms with van der Waals surface area (Å²) in [5.41, 5.74) is 0. The van der Waals surface area contributed by atoms with Crippen LogP contribution in [0.3, 0.4) is 0 Å². The van der Waals surface area contributed by atoms with Gasteiger partial charge in [-0.25, -0.2) is 0 Å². The Balaban J connectivity index is 2.23. The summed E-state index contributed by atoms with van der Waals surface area (Å²) < 4.78 is 0. The highest BCUT2D eigenvalue weighted by atomic mass is 15.2. The number of nitrogens with one attached hydrogen (secondary N) is 1.